The molecule has 0 unspecified atom stereocenters. The SMILES string of the molecule is CC[C@@H]1OB(C)c2cc(SCN)ccc21. The molecule has 0 fully saturated rings. The lowest BCUT2D eigenvalue weighted by Gasteiger charge is -2.09. The van der Waals surface area contributed by atoms with Gasteiger partial charge in [-0.25, -0.2) is 0 Å². The molecule has 0 aromatic heterocycles. The minimum absolute atomic E-state index is 0.225. The van der Waals surface area contributed by atoms with Crippen LogP contribution >= 0.6 is 11.8 Å². The summed E-state index contributed by atoms with van der Waals surface area (Å²) in [5, 5.41) is 0. The molecule has 1 aromatic rings. The third kappa shape index (κ3) is 2.07. The van der Waals surface area contributed by atoms with Crippen molar-refractivity contribution in [2.24, 2.45) is 5.73 Å². The molecule has 0 aliphatic carbocycles. The highest BCUT2D eigenvalue weighted by Gasteiger charge is 2.30. The van der Waals surface area contributed by atoms with Crippen molar-refractivity contribution in [3.05, 3.63) is 23.8 Å². The van der Waals surface area contributed by atoms with Gasteiger partial charge in [0.15, 0.2) is 0 Å². The van der Waals surface area contributed by atoms with E-state index in [9.17, 15) is 0 Å². The lowest BCUT2D eigenvalue weighted by molar-refractivity contribution is 0.221. The summed E-state index contributed by atoms with van der Waals surface area (Å²) in [5.74, 6) is 0.630. The topological polar surface area (TPSA) is 35.2 Å². The minimum atomic E-state index is 0.225. The fraction of sp³-hybridized carbons (Fsp3) is 0.455. The van der Waals surface area contributed by atoms with Crippen molar-refractivity contribution in [2.45, 2.75) is 31.2 Å². The maximum Gasteiger partial charge on any atom is 0.324 e. The van der Waals surface area contributed by atoms with E-state index >= 15 is 0 Å². The Labute approximate surface area is 95.7 Å². The summed E-state index contributed by atoms with van der Waals surface area (Å²) >= 11 is 1.67. The fourth-order valence-electron chi connectivity index (χ4n) is 2.09. The number of fused-ring (bicyclic) bond motifs is 1. The third-order valence-electron chi connectivity index (χ3n) is 2.83. The summed E-state index contributed by atoms with van der Waals surface area (Å²) in [6.07, 6.45) is 1.33. The quantitative estimate of drug-likeness (QED) is 0.481. The summed E-state index contributed by atoms with van der Waals surface area (Å²) in [6, 6.07) is 6.54. The molecule has 15 heavy (non-hydrogen) atoms. The van der Waals surface area contributed by atoms with Crippen LogP contribution in [0, 0.1) is 0 Å². The molecule has 1 aliphatic heterocycles. The van der Waals surface area contributed by atoms with Gasteiger partial charge in [-0.1, -0.05) is 25.9 Å². The predicted molar refractivity (Wildman–Crippen MR) is 66.7 cm³/mol. The van der Waals surface area contributed by atoms with Gasteiger partial charge in [0.1, 0.15) is 0 Å². The molecule has 2 N–H and O–H groups in total. The second-order valence-corrected chi connectivity index (χ2v) is 4.87. The molecular weight excluding hydrogens is 205 g/mol. The van der Waals surface area contributed by atoms with E-state index in [0.29, 0.717) is 5.88 Å². The summed E-state index contributed by atoms with van der Waals surface area (Å²) in [4.78, 5) is 1.24. The maximum atomic E-state index is 5.87. The zero-order valence-electron chi connectivity index (χ0n) is 9.19. The first kappa shape index (κ1) is 11.1. The molecule has 0 amide bonds. The zero-order valence-corrected chi connectivity index (χ0v) is 10.0. The molecule has 1 aliphatic rings. The van der Waals surface area contributed by atoms with Gasteiger partial charge in [0.05, 0.1) is 6.10 Å². The summed E-state index contributed by atoms with van der Waals surface area (Å²) in [6.45, 7) is 4.50. The first-order valence-electron chi connectivity index (χ1n) is 5.38. The Hall–Kier alpha value is -0.445. The van der Waals surface area contributed by atoms with Crippen molar-refractivity contribution >= 4 is 24.1 Å². The monoisotopic (exact) mass is 221 g/mol. The normalized spacial score (nSPS) is 19.4. The summed E-state index contributed by atoms with van der Waals surface area (Å²) in [5.41, 5.74) is 8.21. The van der Waals surface area contributed by atoms with Gasteiger partial charge >= 0.3 is 6.92 Å². The largest absolute Gasteiger partial charge is 0.424 e. The lowest BCUT2D eigenvalue weighted by Crippen LogP contribution is -2.24. The van der Waals surface area contributed by atoms with Gasteiger partial charge in [-0.3, -0.25) is 0 Å². The molecule has 0 saturated carbocycles. The predicted octanol–water partition coefficient (Wildman–Crippen LogP) is 2.00. The van der Waals surface area contributed by atoms with Gasteiger partial charge < -0.3 is 10.4 Å². The molecule has 80 valence electrons. The molecule has 1 aromatic carbocycles. The van der Waals surface area contributed by atoms with E-state index in [4.69, 9.17) is 10.4 Å². The van der Waals surface area contributed by atoms with Gasteiger partial charge in [0, 0.05) is 10.8 Å². The summed E-state index contributed by atoms with van der Waals surface area (Å²) < 4.78 is 5.87. The van der Waals surface area contributed by atoms with Crippen LogP contribution in [0.3, 0.4) is 0 Å². The first-order valence-corrected chi connectivity index (χ1v) is 6.37. The highest BCUT2D eigenvalue weighted by molar-refractivity contribution is 7.99. The van der Waals surface area contributed by atoms with Gasteiger partial charge in [0.25, 0.3) is 0 Å². The van der Waals surface area contributed by atoms with Crippen molar-refractivity contribution in [1.82, 2.24) is 0 Å². The molecule has 1 heterocycles. The Balaban J connectivity index is 2.32. The third-order valence-corrected chi connectivity index (χ3v) is 3.59. The average Bonchev–Trinajstić information content (AvgIpc) is 2.56. The van der Waals surface area contributed by atoms with Crippen LogP contribution in [0.1, 0.15) is 25.0 Å². The van der Waals surface area contributed by atoms with Crippen molar-refractivity contribution in [2.75, 3.05) is 5.88 Å². The first-order chi connectivity index (χ1) is 7.26. The van der Waals surface area contributed by atoms with E-state index in [-0.39, 0.29) is 13.0 Å². The minimum Gasteiger partial charge on any atom is -0.424 e. The van der Waals surface area contributed by atoms with E-state index in [2.05, 4.69) is 31.9 Å². The van der Waals surface area contributed by atoms with Crippen LogP contribution in [-0.2, 0) is 4.65 Å². The number of nitrogens with two attached hydrogens (primary N) is 1. The molecule has 0 radical (unpaired) electrons. The number of rotatable bonds is 3. The van der Waals surface area contributed by atoms with E-state index < -0.39 is 0 Å². The second-order valence-electron chi connectivity index (χ2n) is 3.78. The smallest absolute Gasteiger partial charge is 0.324 e. The highest BCUT2D eigenvalue weighted by Crippen LogP contribution is 2.29. The number of benzene rings is 1. The Bertz CT molecular complexity index is 358. The lowest BCUT2D eigenvalue weighted by atomic mass is 9.64. The fourth-order valence-corrected chi connectivity index (χ4v) is 2.66. The van der Waals surface area contributed by atoms with Gasteiger partial charge in [-0.2, -0.15) is 0 Å². The number of hydrogen-bond acceptors (Lipinski definition) is 3. The second kappa shape index (κ2) is 4.60. The zero-order chi connectivity index (χ0) is 10.8. The number of hydrogen-bond donors (Lipinski definition) is 1. The van der Waals surface area contributed by atoms with Crippen molar-refractivity contribution in [1.29, 1.82) is 0 Å². The van der Waals surface area contributed by atoms with Crippen molar-refractivity contribution < 1.29 is 4.65 Å². The van der Waals surface area contributed by atoms with Crippen molar-refractivity contribution in [3.8, 4) is 0 Å². The molecule has 2 nitrogen and oxygen atoms in total. The van der Waals surface area contributed by atoms with Crippen LogP contribution in [0.4, 0.5) is 0 Å². The van der Waals surface area contributed by atoms with E-state index in [1.807, 2.05) is 0 Å². The van der Waals surface area contributed by atoms with Crippen LogP contribution in [0.2, 0.25) is 6.82 Å². The van der Waals surface area contributed by atoms with Crippen LogP contribution < -0.4 is 11.2 Å². The Morgan fingerprint density at radius 1 is 1.53 bits per heavy atom. The maximum absolute atomic E-state index is 5.87. The number of thioether (sulfide) groups is 1. The van der Waals surface area contributed by atoms with Crippen molar-refractivity contribution in [3.63, 3.8) is 0 Å². The average molecular weight is 221 g/mol. The molecule has 0 saturated heterocycles. The Morgan fingerprint density at radius 2 is 2.33 bits per heavy atom. The van der Waals surface area contributed by atoms with Gasteiger partial charge in [-0.15, -0.1) is 11.8 Å². The van der Waals surface area contributed by atoms with E-state index in [1.54, 1.807) is 11.8 Å². The molecule has 1 atom stereocenters. The van der Waals surface area contributed by atoms with Gasteiger partial charge in [-0.05, 0) is 23.5 Å². The Morgan fingerprint density at radius 3 is 3.00 bits per heavy atom. The summed E-state index contributed by atoms with van der Waals surface area (Å²) in [7, 11) is 0. The molecule has 2 rings (SSSR count). The van der Waals surface area contributed by atoms with Crippen LogP contribution in [0.5, 0.6) is 0 Å². The van der Waals surface area contributed by atoms with Crippen LogP contribution in [0.15, 0.2) is 23.1 Å². The highest BCUT2D eigenvalue weighted by atomic mass is 32.2. The standard InChI is InChI=1S/C11H16BNOS/c1-3-11-9-5-4-8(15-7-13)6-10(9)12(2)14-11/h4-6,11H,3,7,13H2,1-2H3/t11-/m0/s1. The molecule has 0 spiro atoms. The van der Waals surface area contributed by atoms with Crippen LogP contribution in [-0.4, -0.2) is 12.8 Å². The molecular formula is C11H16BNOS. The van der Waals surface area contributed by atoms with Crippen LogP contribution in [0.25, 0.3) is 0 Å². The van der Waals surface area contributed by atoms with E-state index in [0.717, 1.165) is 6.42 Å². The molecule has 4 heteroatoms. The van der Waals surface area contributed by atoms with E-state index in [1.165, 1.54) is 15.9 Å². The molecule has 0 bridgehead atoms. The Kier molecular flexibility index (Phi) is 3.39. The van der Waals surface area contributed by atoms with Gasteiger partial charge in [0.2, 0.25) is 0 Å².